The van der Waals surface area contributed by atoms with Gasteiger partial charge < -0.3 is 15.2 Å². The van der Waals surface area contributed by atoms with Crippen molar-refractivity contribution in [3.8, 4) is 16.9 Å². The van der Waals surface area contributed by atoms with Crippen molar-refractivity contribution in [2.24, 2.45) is 0 Å². The monoisotopic (exact) mass is 588 g/mol. The Hall–Kier alpha value is -4.30. The predicted octanol–water partition coefficient (Wildman–Crippen LogP) is 6.51. The summed E-state index contributed by atoms with van der Waals surface area (Å²) in [6.07, 6.45) is 1.56. The van der Waals surface area contributed by atoms with Crippen LogP contribution in [0.3, 0.4) is 0 Å². The van der Waals surface area contributed by atoms with Gasteiger partial charge in [-0.05, 0) is 57.0 Å². The second-order valence-corrected chi connectivity index (χ2v) is 12.5. The average Bonchev–Trinajstić information content (AvgIpc) is 2.95. The molecule has 1 heterocycles. The summed E-state index contributed by atoms with van der Waals surface area (Å²) in [5.74, 6) is -0.0898. The van der Waals surface area contributed by atoms with E-state index in [1.807, 2.05) is 12.1 Å². The molecule has 218 valence electrons. The lowest BCUT2D eigenvalue weighted by atomic mass is 10.0. The second kappa shape index (κ2) is 12.7. The van der Waals surface area contributed by atoms with Gasteiger partial charge in [0.2, 0.25) is 10.0 Å². The number of anilines is 1. The van der Waals surface area contributed by atoms with Gasteiger partial charge in [-0.15, -0.1) is 0 Å². The maximum absolute atomic E-state index is 15.4. The molecule has 8 nitrogen and oxygen atoms in total. The Labute approximate surface area is 246 Å². The molecule has 1 aromatic heterocycles. The van der Waals surface area contributed by atoms with Crippen molar-refractivity contribution in [3.63, 3.8) is 0 Å². The topological polar surface area (TPSA) is 105 Å². The van der Waals surface area contributed by atoms with Gasteiger partial charge >= 0.3 is 0 Å². The van der Waals surface area contributed by atoms with E-state index in [0.717, 1.165) is 5.56 Å². The highest BCUT2D eigenvalue weighted by Gasteiger charge is 2.25. The first-order chi connectivity index (χ1) is 19.9. The van der Waals surface area contributed by atoms with E-state index in [1.165, 1.54) is 12.1 Å². The number of nitrogens with one attached hydrogen (secondary N) is 2. The minimum Gasteiger partial charge on any atom is -0.487 e. The number of aromatic nitrogens is 1. The third-order valence-corrected chi connectivity index (χ3v) is 8.19. The summed E-state index contributed by atoms with van der Waals surface area (Å²) in [6, 6.07) is 18.0. The molecule has 0 aliphatic heterocycles. The molecular formula is C32H33FN4O4S. The smallest absolute Gasteiger partial charge is 0.241 e. The number of pyridine rings is 1. The molecule has 0 radical (unpaired) electrons. The zero-order chi connectivity index (χ0) is 30.5. The number of hydrogen-bond donors (Lipinski definition) is 3. The van der Waals surface area contributed by atoms with Crippen LogP contribution in [0.4, 0.5) is 15.8 Å². The highest BCUT2D eigenvalue weighted by atomic mass is 32.2. The van der Waals surface area contributed by atoms with Gasteiger partial charge in [0, 0.05) is 35.0 Å². The van der Waals surface area contributed by atoms with Crippen LogP contribution in [-0.4, -0.2) is 24.0 Å². The number of aliphatic hydroxyl groups excluding tert-OH is 1. The average molecular weight is 589 g/mol. The molecule has 10 heteroatoms. The fourth-order valence-electron chi connectivity index (χ4n) is 4.43. The van der Waals surface area contributed by atoms with E-state index >= 15 is 4.39 Å². The van der Waals surface area contributed by atoms with Crippen LogP contribution in [0.2, 0.25) is 0 Å². The largest absolute Gasteiger partial charge is 0.487 e. The van der Waals surface area contributed by atoms with E-state index in [-0.39, 0.29) is 30.3 Å². The van der Waals surface area contributed by atoms with E-state index in [2.05, 4.69) is 19.9 Å². The molecule has 3 N–H and O–H groups in total. The summed E-state index contributed by atoms with van der Waals surface area (Å²) in [5, 5.41) is 13.1. The second-order valence-electron chi connectivity index (χ2n) is 10.8. The van der Waals surface area contributed by atoms with E-state index in [4.69, 9.17) is 11.3 Å². The Morgan fingerprint density at radius 1 is 1.07 bits per heavy atom. The minimum absolute atomic E-state index is 0.0606. The lowest BCUT2D eigenvalue weighted by molar-refractivity contribution is 0.273. The van der Waals surface area contributed by atoms with Crippen molar-refractivity contribution in [3.05, 3.63) is 113 Å². The summed E-state index contributed by atoms with van der Waals surface area (Å²) in [7, 11) is -3.86. The quantitative estimate of drug-likeness (QED) is 0.183. The van der Waals surface area contributed by atoms with Gasteiger partial charge in [-0.2, -0.15) is 0 Å². The van der Waals surface area contributed by atoms with Gasteiger partial charge in [0.25, 0.3) is 0 Å². The first-order valence-electron chi connectivity index (χ1n) is 13.3. The molecule has 0 bridgehead atoms. The van der Waals surface area contributed by atoms with Crippen LogP contribution in [0.15, 0.2) is 77.8 Å². The van der Waals surface area contributed by atoms with Crippen molar-refractivity contribution in [1.29, 1.82) is 0 Å². The number of sulfonamides is 1. The van der Waals surface area contributed by atoms with E-state index in [1.54, 1.807) is 76.4 Å². The molecule has 4 aromatic rings. The van der Waals surface area contributed by atoms with Crippen molar-refractivity contribution in [1.82, 2.24) is 9.71 Å². The molecule has 0 aliphatic rings. The highest BCUT2D eigenvalue weighted by molar-refractivity contribution is 7.89. The van der Waals surface area contributed by atoms with Gasteiger partial charge in [0.1, 0.15) is 18.2 Å². The Morgan fingerprint density at radius 3 is 2.43 bits per heavy atom. The zero-order valence-corrected chi connectivity index (χ0v) is 24.7. The fourth-order valence-corrected chi connectivity index (χ4v) is 6.08. The summed E-state index contributed by atoms with van der Waals surface area (Å²) in [4.78, 5) is 7.79. The van der Waals surface area contributed by atoms with Gasteiger partial charge in [0.15, 0.2) is 5.69 Å². The number of rotatable bonds is 10. The van der Waals surface area contributed by atoms with Crippen LogP contribution >= 0.6 is 0 Å². The lowest BCUT2D eigenvalue weighted by Crippen LogP contribution is -2.40. The summed E-state index contributed by atoms with van der Waals surface area (Å²) < 4.78 is 50.3. The van der Waals surface area contributed by atoms with E-state index < -0.39 is 21.4 Å². The molecule has 42 heavy (non-hydrogen) atoms. The highest BCUT2D eigenvalue weighted by Crippen LogP contribution is 2.32. The van der Waals surface area contributed by atoms with Gasteiger partial charge in [-0.1, -0.05) is 48.5 Å². The standard InChI is InChI=1S/C32H33FN4O4S/c1-21-31(41-20-22-10-13-25(34-5)14-11-22)27(24(19-38)17-35-21)18-36-29-15-12-23(16-28(29)33)26-8-6-7-9-30(26)42(39,40)37-32(2,3)4/h6-17,36-38H,18-20H2,1-4H3. The number of benzene rings is 3. The number of aliphatic hydroxyl groups is 1. The van der Waals surface area contributed by atoms with E-state index in [9.17, 15) is 13.5 Å². The maximum atomic E-state index is 15.4. The number of ether oxygens (including phenoxy) is 1. The summed E-state index contributed by atoms with van der Waals surface area (Å²) in [6.45, 7) is 14.2. The van der Waals surface area contributed by atoms with Gasteiger partial charge in [-0.3, -0.25) is 4.98 Å². The molecule has 0 fully saturated rings. The summed E-state index contributed by atoms with van der Waals surface area (Å²) in [5.41, 5.74) is 3.48. The van der Waals surface area contributed by atoms with Crippen LogP contribution in [0.25, 0.3) is 16.0 Å². The third-order valence-electron chi connectivity index (χ3n) is 6.38. The normalized spacial score (nSPS) is 11.6. The molecule has 0 saturated carbocycles. The number of hydrogen-bond acceptors (Lipinski definition) is 6. The molecule has 0 saturated heterocycles. The molecule has 0 atom stereocenters. The number of nitrogens with zero attached hydrogens (tertiary/aromatic N) is 2. The molecule has 0 aliphatic carbocycles. The van der Waals surface area contributed by atoms with Crippen molar-refractivity contribution < 1.29 is 22.7 Å². The third kappa shape index (κ3) is 7.31. The van der Waals surface area contributed by atoms with Crippen LogP contribution in [-0.2, 0) is 29.8 Å². The maximum Gasteiger partial charge on any atom is 0.241 e. The van der Waals surface area contributed by atoms with Crippen LogP contribution < -0.4 is 14.8 Å². The zero-order valence-electron chi connectivity index (χ0n) is 23.9. The Balaban J connectivity index is 1.58. The fraction of sp³-hybridized carbons (Fsp3) is 0.250. The van der Waals surface area contributed by atoms with Crippen LogP contribution in [0, 0.1) is 19.3 Å². The number of aryl methyl sites for hydroxylation is 1. The van der Waals surface area contributed by atoms with Gasteiger partial charge in [-0.25, -0.2) is 22.4 Å². The number of halogens is 1. The molecule has 4 rings (SSSR count). The summed E-state index contributed by atoms with van der Waals surface area (Å²) >= 11 is 0. The lowest BCUT2D eigenvalue weighted by Gasteiger charge is -2.22. The SMILES string of the molecule is [C-]#[N+]c1ccc(COc2c(C)ncc(CO)c2CNc2ccc(-c3ccccc3S(=O)(=O)NC(C)(C)C)cc2F)cc1. The van der Waals surface area contributed by atoms with Crippen molar-refractivity contribution in [2.75, 3.05) is 5.32 Å². The van der Waals surface area contributed by atoms with Gasteiger partial charge in [0.05, 0.1) is 29.5 Å². The van der Waals surface area contributed by atoms with E-state index in [0.29, 0.717) is 39.4 Å². The van der Waals surface area contributed by atoms with Crippen LogP contribution in [0.1, 0.15) is 43.2 Å². The molecule has 0 unspecified atom stereocenters. The molecule has 0 amide bonds. The molecule has 3 aromatic carbocycles. The molecular weight excluding hydrogens is 555 g/mol. The Kier molecular flexibility index (Phi) is 9.27. The minimum atomic E-state index is -3.86. The predicted molar refractivity (Wildman–Crippen MR) is 161 cm³/mol. The van der Waals surface area contributed by atoms with Crippen LogP contribution in [0.5, 0.6) is 5.75 Å². The van der Waals surface area contributed by atoms with Crippen molar-refractivity contribution in [2.45, 2.75) is 57.9 Å². The van der Waals surface area contributed by atoms with Crippen molar-refractivity contribution >= 4 is 21.4 Å². The Bertz CT molecular complexity index is 1730. The first kappa shape index (κ1) is 30.7. The molecule has 0 spiro atoms. The first-order valence-corrected chi connectivity index (χ1v) is 14.7. The Morgan fingerprint density at radius 2 is 1.79 bits per heavy atom.